The number of likely N-dealkylation sites (N-methyl/N-ethyl adjacent to an activating group) is 1. The molecule has 1 aliphatic rings. The van der Waals surface area contributed by atoms with Crippen LogP contribution in [0.15, 0.2) is 18.2 Å². The van der Waals surface area contributed by atoms with Crippen molar-refractivity contribution in [1.29, 1.82) is 0 Å². The van der Waals surface area contributed by atoms with Gasteiger partial charge in [0.2, 0.25) is 0 Å². The van der Waals surface area contributed by atoms with Gasteiger partial charge < -0.3 is 4.90 Å². The summed E-state index contributed by atoms with van der Waals surface area (Å²) in [6.07, 6.45) is 1.17. The number of Topliss-reactive ketones (excluding diaryl/α,β-unsaturated/α-hetero) is 1. The van der Waals surface area contributed by atoms with Crippen LogP contribution in [-0.2, 0) is 0 Å². The molecule has 110 valence electrons. The van der Waals surface area contributed by atoms with Gasteiger partial charge in [0.25, 0.3) is 0 Å². The Morgan fingerprint density at radius 1 is 1.40 bits per heavy atom. The average Bonchev–Trinajstić information content (AvgIpc) is 2.89. The molecule has 0 aromatic heterocycles. The van der Waals surface area contributed by atoms with Crippen molar-refractivity contribution in [3.8, 4) is 0 Å². The lowest BCUT2D eigenvalue weighted by Crippen LogP contribution is -2.37. The maximum atomic E-state index is 11.4. The monoisotopic (exact) mass is 294 g/mol. The van der Waals surface area contributed by atoms with E-state index in [-0.39, 0.29) is 5.78 Å². The minimum Gasteiger partial charge on any atom is -0.369 e. The maximum Gasteiger partial charge on any atom is 0.159 e. The van der Waals surface area contributed by atoms with E-state index < -0.39 is 0 Å². The summed E-state index contributed by atoms with van der Waals surface area (Å²) in [6.45, 7) is 10.2. The molecule has 0 amide bonds. The number of hydrogen-bond donors (Lipinski definition) is 0. The minimum atomic E-state index is 0.0564. The van der Waals surface area contributed by atoms with Gasteiger partial charge in [-0.3, -0.25) is 9.69 Å². The molecule has 0 aliphatic carbocycles. The number of halogens is 1. The summed E-state index contributed by atoms with van der Waals surface area (Å²) in [5.74, 6) is 0.0564. The van der Waals surface area contributed by atoms with Gasteiger partial charge >= 0.3 is 0 Å². The van der Waals surface area contributed by atoms with Crippen molar-refractivity contribution in [3.63, 3.8) is 0 Å². The summed E-state index contributed by atoms with van der Waals surface area (Å²) in [7, 11) is 0. The molecule has 1 aliphatic heterocycles. The molecule has 1 aromatic rings. The topological polar surface area (TPSA) is 23.6 Å². The molecule has 0 spiro atoms. The predicted octanol–water partition coefficient (Wildman–Crippen LogP) is 3.46. The molecule has 2 rings (SSSR count). The molecule has 1 fully saturated rings. The quantitative estimate of drug-likeness (QED) is 0.777. The van der Waals surface area contributed by atoms with E-state index in [0.717, 1.165) is 31.9 Å². The number of nitrogens with zero attached hydrogens (tertiary/aromatic N) is 2. The summed E-state index contributed by atoms with van der Waals surface area (Å²) < 4.78 is 0. The van der Waals surface area contributed by atoms with Crippen molar-refractivity contribution in [2.75, 3.05) is 31.1 Å². The maximum absolute atomic E-state index is 11.4. The number of benzene rings is 1. The van der Waals surface area contributed by atoms with E-state index in [4.69, 9.17) is 11.6 Å². The fourth-order valence-corrected chi connectivity index (χ4v) is 3.28. The van der Waals surface area contributed by atoms with Gasteiger partial charge in [-0.25, -0.2) is 0 Å². The third-order valence-electron chi connectivity index (χ3n) is 4.19. The van der Waals surface area contributed by atoms with Crippen LogP contribution in [0.2, 0.25) is 5.02 Å². The van der Waals surface area contributed by atoms with Gasteiger partial charge in [-0.1, -0.05) is 25.4 Å². The molecule has 1 aromatic carbocycles. The van der Waals surface area contributed by atoms with E-state index >= 15 is 0 Å². The lowest BCUT2D eigenvalue weighted by Gasteiger charge is -2.27. The molecule has 4 heteroatoms. The fraction of sp³-hybridized carbons (Fsp3) is 0.562. The van der Waals surface area contributed by atoms with Crippen LogP contribution in [0.4, 0.5) is 5.69 Å². The summed E-state index contributed by atoms with van der Waals surface area (Å²) >= 11 is 6.34. The molecule has 3 nitrogen and oxygen atoms in total. The normalized spacial score (nSPS) is 18.9. The largest absolute Gasteiger partial charge is 0.369 e. The molecule has 0 radical (unpaired) electrons. The second kappa shape index (κ2) is 6.59. The SMILES string of the molecule is CCN(CC)C1CCN(c2ccc(C(C)=O)cc2Cl)C1. The van der Waals surface area contributed by atoms with E-state index in [1.54, 1.807) is 13.0 Å². The zero-order valence-electron chi connectivity index (χ0n) is 12.5. The molecule has 1 unspecified atom stereocenters. The Hall–Kier alpha value is -1.06. The first-order valence-electron chi connectivity index (χ1n) is 7.36. The minimum absolute atomic E-state index is 0.0564. The summed E-state index contributed by atoms with van der Waals surface area (Å²) in [5.41, 5.74) is 1.73. The van der Waals surface area contributed by atoms with E-state index in [1.165, 1.54) is 6.42 Å². The lowest BCUT2D eigenvalue weighted by molar-refractivity contribution is 0.101. The summed E-state index contributed by atoms with van der Waals surface area (Å²) in [5, 5.41) is 0.679. The first-order chi connectivity index (χ1) is 9.56. The van der Waals surface area contributed by atoms with Gasteiger partial charge in [0.15, 0.2) is 5.78 Å². The highest BCUT2D eigenvalue weighted by Gasteiger charge is 2.27. The van der Waals surface area contributed by atoms with E-state index in [0.29, 0.717) is 16.6 Å². The summed E-state index contributed by atoms with van der Waals surface area (Å²) in [6, 6.07) is 6.23. The Labute approximate surface area is 126 Å². The van der Waals surface area contributed by atoms with Gasteiger partial charge in [-0.2, -0.15) is 0 Å². The molecule has 1 saturated heterocycles. The lowest BCUT2D eigenvalue weighted by atomic mass is 10.1. The van der Waals surface area contributed by atoms with Gasteiger partial charge in [-0.15, -0.1) is 0 Å². The summed E-state index contributed by atoms with van der Waals surface area (Å²) in [4.78, 5) is 16.2. The molecule has 1 heterocycles. The Morgan fingerprint density at radius 3 is 2.65 bits per heavy atom. The first-order valence-corrected chi connectivity index (χ1v) is 7.74. The molecular weight excluding hydrogens is 272 g/mol. The smallest absolute Gasteiger partial charge is 0.159 e. The Bertz CT molecular complexity index is 485. The van der Waals surface area contributed by atoms with Crippen LogP contribution in [0.3, 0.4) is 0 Å². The number of ketones is 1. The van der Waals surface area contributed by atoms with Crippen LogP contribution in [0.1, 0.15) is 37.6 Å². The van der Waals surface area contributed by atoms with E-state index in [1.807, 2.05) is 12.1 Å². The second-order valence-corrected chi connectivity index (χ2v) is 5.74. The zero-order chi connectivity index (χ0) is 14.7. The van der Waals surface area contributed by atoms with Crippen molar-refractivity contribution in [2.45, 2.75) is 33.2 Å². The first kappa shape index (κ1) is 15.3. The van der Waals surface area contributed by atoms with Crippen molar-refractivity contribution in [3.05, 3.63) is 28.8 Å². The van der Waals surface area contributed by atoms with Gasteiger partial charge in [0, 0.05) is 24.7 Å². The number of anilines is 1. The highest BCUT2D eigenvalue weighted by Crippen LogP contribution is 2.30. The third kappa shape index (κ3) is 3.15. The van der Waals surface area contributed by atoms with Gasteiger partial charge in [0.1, 0.15) is 0 Å². The highest BCUT2D eigenvalue weighted by atomic mass is 35.5. The number of hydrogen-bond acceptors (Lipinski definition) is 3. The Kier molecular flexibility index (Phi) is 5.06. The van der Waals surface area contributed by atoms with Gasteiger partial charge in [-0.05, 0) is 44.6 Å². The molecule has 0 saturated carbocycles. The molecule has 0 bridgehead atoms. The number of carbonyl (C=O) groups excluding carboxylic acids is 1. The average molecular weight is 295 g/mol. The Morgan fingerprint density at radius 2 is 2.10 bits per heavy atom. The van der Waals surface area contributed by atoms with Crippen LogP contribution in [0, 0.1) is 0 Å². The van der Waals surface area contributed by atoms with Crippen LogP contribution < -0.4 is 4.90 Å². The van der Waals surface area contributed by atoms with Crippen LogP contribution in [-0.4, -0.2) is 42.9 Å². The fourth-order valence-electron chi connectivity index (χ4n) is 2.98. The number of rotatable bonds is 5. The molecule has 1 atom stereocenters. The zero-order valence-corrected chi connectivity index (χ0v) is 13.3. The van der Waals surface area contributed by atoms with E-state index in [9.17, 15) is 4.79 Å². The third-order valence-corrected chi connectivity index (χ3v) is 4.49. The van der Waals surface area contributed by atoms with Crippen LogP contribution in [0.5, 0.6) is 0 Å². The molecular formula is C16H23ClN2O. The van der Waals surface area contributed by atoms with Crippen LogP contribution >= 0.6 is 11.6 Å². The molecule has 20 heavy (non-hydrogen) atoms. The van der Waals surface area contributed by atoms with Crippen molar-refractivity contribution < 1.29 is 4.79 Å². The van der Waals surface area contributed by atoms with Crippen molar-refractivity contribution in [1.82, 2.24) is 4.90 Å². The van der Waals surface area contributed by atoms with Crippen LogP contribution in [0.25, 0.3) is 0 Å². The van der Waals surface area contributed by atoms with E-state index in [2.05, 4.69) is 23.6 Å². The predicted molar refractivity (Wildman–Crippen MR) is 85.0 cm³/mol. The standard InChI is InChI=1S/C16H23ClN2O/c1-4-18(5-2)14-8-9-19(11-14)16-7-6-13(12(3)20)10-15(16)17/h6-7,10,14H,4-5,8-9,11H2,1-3H3. The molecule has 0 N–H and O–H groups in total. The number of carbonyl (C=O) groups is 1. The van der Waals surface area contributed by atoms with Gasteiger partial charge in [0.05, 0.1) is 10.7 Å². The van der Waals surface area contributed by atoms with Crippen molar-refractivity contribution >= 4 is 23.1 Å². The second-order valence-electron chi connectivity index (χ2n) is 5.33. The Balaban J connectivity index is 2.12. The van der Waals surface area contributed by atoms with Crippen molar-refractivity contribution in [2.24, 2.45) is 0 Å². The highest BCUT2D eigenvalue weighted by molar-refractivity contribution is 6.33.